The zero-order chi connectivity index (χ0) is 18.8. The van der Waals surface area contributed by atoms with E-state index in [1.807, 2.05) is 12.3 Å². The number of hydrogen-bond acceptors (Lipinski definition) is 5. The van der Waals surface area contributed by atoms with E-state index in [1.165, 1.54) is 70.4 Å². The number of aliphatic carboxylic acids is 2. The Hall–Kier alpha value is -1.99. The molecule has 144 valence electrons. The van der Waals surface area contributed by atoms with E-state index in [0.717, 1.165) is 12.6 Å². The summed E-state index contributed by atoms with van der Waals surface area (Å²) in [4.78, 5) is 27.9. The van der Waals surface area contributed by atoms with E-state index in [0.29, 0.717) is 0 Å². The van der Waals surface area contributed by atoms with Gasteiger partial charge in [-0.2, -0.15) is 0 Å². The lowest BCUT2D eigenvalue weighted by Gasteiger charge is -2.39. The van der Waals surface area contributed by atoms with Crippen LogP contribution in [-0.2, 0) is 16.1 Å². The SMILES string of the molecule is O=C(O)C(=O)O.c1ccc(CN2CCN(C3CCCCCC3)CC2)nc1. The van der Waals surface area contributed by atoms with Crippen molar-refractivity contribution >= 4 is 11.9 Å². The molecule has 7 nitrogen and oxygen atoms in total. The summed E-state index contributed by atoms with van der Waals surface area (Å²) in [6, 6.07) is 7.09. The smallest absolute Gasteiger partial charge is 0.414 e. The van der Waals surface area contributed by atoms with E-state index in [4.69, 9.17) is 19.8 Å². The molecule has 0 amide bonds. The van der Waals surface area contributed by atoms with Crippen LogP contribution in [0.5, 0.6) is 0 Å². The van der Waals surface area contributed by atoms with Crippen LogP contribution in [0.2, 0.25) is 0 Å². The van der Waals surface area contributed by atoms with Crippen LogP contribution in [-0.4, -0.2) is 69.2 Å². The summed E-state index contributed by atoms with van der Waals surface area (Å²) in [5, 5.41) is 14.8. The van der Waals surface area contributed by atoms with Gasteiger partial charge in [-0.3, -0.25) is 14.8 Å². The molecule has 1 saturated carbocycles. The summed E-state index contributed by atoms with van der Waals surface area (Å²) in [5.41, 5.74) is 1.20. The van der Waals surface area contributed by atoms with E-state index < -0.39 is 11.9 Å². The minimum Gasteiger partial charge on any atom is -0.473 e. The van der Waals surface area contributed by atoms with Crippen LogP contribution in [0.4, 0.5) is 0 Å². The Kier molecular flexibility index (Phi) is 8.50. The maximum absolute atomic E-state index is 9.10. The molecular weight excluding hydrogens is 334 g/mol. The van der Waals surface area contributed by atoms with Crippen molar-refractivity contribution in [1.29, 1.82) is 0 Å². The number of aromatic nitrogens is 1. The largest absolute Gasteiger partial charge is 0.473 e. The number of nitrogens with zero attached hydrogens (tertiary/aromatic N) is 3. The number of piperazine rings is 1. The maximum Gasteiger partial charge on any atom is 0.414 e. The third-order valence-corrected chi connectivity index (χ3v) is 5.04. The van der Waals surface area contributed by atoms with E-state index in [-0.39, 0.29) is 0 Å². The summed E-state index contributed by atoms with van der Waals surface area (Å²) in [5.74, 6) is -3.65. The number of carboxylic acid groups (broad SMARTS) is 2. The Morgan fingerprint density at radius 2 is 1.58 bits per heavy atom. The van der Waals surface area contributed by atoms with Crippen LogP contribution in [0.25, 0.3) is 0 Å². The molecule has 1 saturated heterocycles. The molecule has 26 heavy (non-hydrogen) atoms. The fraction of sp³-hybridized carbons (Fsp3) is 0.632. The van der Waals surface area contributed by atoms with Crippen LogP contribution < -0.4 is 0 Å². The predicted octanol–water partition coefficient (Wildman–Crippen LogP) is 2.08. The summed E-state index contributed by atoms with van der Waals surface area (Å²) >= 11 is 0. The van der Waals surface area contributed by atoms with Crippen molar-refractivity contribution in [3.8, 4) is 0 Å². The Morgan fingerprint density at radius 1 is 0.962 bits per heavy atom. The molecule has 0 aromatic carbocycles. The van der Waals surface area contributed by atoms with Crippen LogP contribution in [0.1, 0.15) is 44.2 Å². The molecule has 0 unspecified atom stereocenters. The van der Waals surface area contributed by atoms with Crippen molar-refractivity contribution in [2.45, 2.75) is 51.1 Å². The third kappa shape index (κ3) is 7.09. The summed E-state index contributed by atoms with van der Waals surface area (Å²) in [6.45, 7) is 5.91. The minimum absolute atomic E-state index is 0.870. The van der Waals surface area contributed by atoms with Gasteiger partial charge in [-0.25, -0.2) is 9.59 Å². The monoisotopic (exact) mass is 363 g/mol. The number of carboxylic acids is 2. The maximum atomic E-state index is 9.10. The molecule has 3 rings (SSSR count). The van der Waals surface area contributed by atoms with Gasteiger partial charge in [0.15, 0.2) is 0 Å². The normalized spacial score (nSPS) is 19.8. The first-order valence-corrected chi connectivity index (χ1v) is 9.39. The molecule has 1 aromatic rings. The van der Waals surface area contributed by atoms with Gasteiger partial charge in [-0.15, -0.1) is 0 Å². The average molecular weight is 363 g/mol. The van der Waals surface area contributed by atoms with Crippen LogP contribution in [0.3, 0.4) is 0 Å². The van der Waals surface area contributed by atoms with Crippen molar-refractivity contribution in [2.75, 3.05) is 26.2 Å². The fourth-order valence-corrected chi connectivity index (χ4v) is 3.63. The third-order valence-electron chi connectivity index (χ3n) is 5.04. The highest BCUT2D eigenvalue weighted by Gasteiger charge is 2.24. The van der Waals surface area contributed by atoms with Crippen LogP contribution in [0.15, 0.2) is 24.4 Å². The molecule has 0 bridgehead atoms. The second kappa shape index (κ2) is 10.9. The molecular formula is C19H29N3O4. The van der Waals surface area contributed by atoms with Crippen molar-refractivity contribution in [1.82, 2.24) is 14.8 Å². The van der Waals surface area contributed by atoms with Gasteiger partial charge in [0.1, 0.15) is 0 Å². The van der Waals surface area contributed by atoms with Crippen molar-refractivity contribution in [2.24, 2.45) is 0 Å². The zero-order valence-electron chi connectivity index (χ0n) is 15.2. The highest BCUT2D eigenvalue weighted by Crippen LogP contribution is 2.23. The zero-order valence-corrected chi connectivity index (χ0v) is 15.2. The van der Waals surface area contributed by atoms with Crippen molar-refractivity contribution in [3.05, 3.63) is 30.1 Å². The molecule has 1 aliphatic heterocycles. The molecule has 2 fully saturated rings. The summed E-state index contributed by atoms with van der Waals surface area (Å²) in [7, 11) is 0. The van der Waals surface area contributed by atoms with Gasteiger partial charge in [0.2, 0.25) is 0 Å². The Balaban J connectivity index is 0.000000352. The fourth-order valence-electron chi connectivity index (χ4n) is 3.63. The van der Waals surface area contributed by atoms with Gasteiger partial charge in [-0.05, 0) is 25.0 Å². The molecule has 7 heteroatoms. The topological polar surface area (TPSA) is 94.0 Å². The van der Waals surface area contributed by atoms with Crippen LogP contribution in [0, 0.1) is 0 Å². The van der Waals surface area contributed by atoms with Gasteiger partial charge in [0, 0.05) is 45.0 Å². The van der Waals surface area contributed by atoms with E-state index in [9.17, 15) is 0 Å². The van der Waals surface area contributed by atoms with Crippen molar-refractivity contribution < 1.29 is 19.8 Å². The molecule has 0 radical (unpaired) electrons. The lowest BCUT2D eigenvalue weighted by molar-refractivity contribution is -0.159. The first kappa shape index (κ1) is 20.3. The lowest BCUT2D eigenvalue weighted by atomic mass is 10.1. The van der Waals surface area contributed by atoms with E-state index >= 15 is 0 Å². The quantitative estimate of drug-likeness (QED) is 0.627. The summed E-state index contributed by atoms with van der Waals surface area (Å²) < 4.78 is 0. The first-order valence-electron chi connectivity index (χ1n) is 9.39. The van der Waals surface area contributed by atoms with Gasteiger partial charge < -0.3 is 10.2 Å². The van der Waals surface area contributed by atoms with Gasteiger partial charge >= 0.3 is 11.9 Å². The Labute approximate surface area is 154 Å². The molecule has 0 spiro atoms. The van der Waals surface area contributed by atoms with E-state index in [2.05, 4.69) is 26.9 Å². The molecule has 2 heterocycles. The Bertz CT molecular complexity index is 539. The molecule has 0 atom stereocenters. The van der Waals surface area contributed by atoms with E-state index in [1.54, 1.807) is 0 Å². The standard InChI is InChI=1S/C17H27N3.C2H2O4/c1-2-4-9-17(8-3-1)20-13-11-19(12-14-20)15-16-7-5-6-10-18-16;3-1(4)2(5)6/h5-7,10,17H,1-4,8-9,11-15H2;(H,3,4)(H,5,6). The highest BCUT2D eigenvalue weighted by atomic mass is 16.4. The predicted molar refractivity (Wildman–Crippen MR) is 97.8 cm³/mol. The second-order valence-electron chi connectivity index (χ2n) is 6.89. The molecule has 1 aliphatic carbocycles. The molecule has 2 N–H and O–H groups in total. The van der Waals surface area contributed by atoms with Gasteiger partial charge in [-0.1, -0.05) is 31.7 Å². The molecule has 1 aromatic heterocycles. The number of rotatable bonds is 3. The number of pyridine rings is 1. The number of hydrogen-bond donors (Lipinski definition) is 2. The number of carbonyl (C=O) groups is 2. The first-order chi connectivity index (χ1) is 12.6. The Morgan fingerprint density at radius 3 is 2.08 bits per heavy atom. The lowest BCUT2D eigenvalue weighted by Crippen LogP contribution is -2.49. The minimum atomic E-state index is -1.82. The summed E-state index contributed by atoms with van der Waals surface area (Å²) in [6.07, 6.45) is 10.6. The highest BCUT2D eigenvalue weighted by molar-refractivity contribution is 6.27. The van der Waals surface area contributed by atoms with Crippen LogP contribution >= 0.6 is 0 Å². The van der Waals surface area contributed by atoms with Gasteiger partial charge in [0.25, 0.3) is 0 Å². The van der Waals surface area contributed by atoms with Crippen molar-refractivity contribution in [3.63, 3.8) is 0 Å². The van der Waals surface area contributed by atoms with Gasteiger partial charge in [0.05, 0.1) is 5.69 Å². The molecule has 2 aliphatic rings. The second-order valence-corrected chi connectivity index (χ2v) is 6.89. The average Bonchev–Trinajstić information content (AvgIpc) is 2.93.